The fraction of sp³-hybridized carbons (Fsp3) is 0.444. The third kappa shape index (κ3) is 5.61. The molecule has 0 radical (unpaired) electrons. The number of nitrogens with zero attached hydrogens (tertiary/aromatic N) is 4. The maximum atomic E-state index is 13.2. The number of nitrogen functional groups attached to an aromatic ring is 1. The molecule has 38 heavy (non-hydrogen) atoms. The van der Waals surface area contributed by atoms with E-state index in [0.29, 0.717) is 29.3 Å². The van der Waals surface area contributed by atoms with Gasteiger partial charge in [0.05, 0.1) is 17.7 Å². The number of rotatable bonds is 5. The SMILES string of the molecule is Cc1cc(N2CC[C@H](NC(=O)OC(C)(C)C)C2)ncc1-c1cc2cc(NC(=O)[C@@H]3C[C@@H]3F)ncc2c(N)n1. The first-order valence-electron chi connectivity index (χ1n) is 12.7. The number of alkyl halides is 1. The first-order valence-corrected chi connectivity index (χ1v) is 12.7. The molecule has 3 aromatic rings. The average molecular weight is 522 g/mol. The Balaban J connectivity index is 1.31. The molecule has 0 spiro atoms. The van der Waals surface area contributed by atoms with Gasteiger partial charge >= 0.3 is 6.09 Å². The van der Waals surface area contributed by atoms with Gasteiger partial charge in [0.25, 0.3) is 0 Å². The zero-order valence-electron chi connectivity index (χ0n) is 21.9. The number of nitrogens with two attached hydrogens (primary N) is 1. The Morgan fingerprint density at radius 3 is 2.63 bits per heavy atom. The third-order valence-electron chi connectivity index (χ3n) is 6.65. The van der Waals surface area contributed by atoms with Gasteiger partial charge < -0.3 is 26.0 Å². The van der Waals surface area contributed by atoms with Crippen molar-refractivity contribution in [3.8, 4) is 11.3 Å². The molecule has 1 saturated carbocycles. The van der Waals surface area contributed by atoms with E-state index in [1.165, 1.54) is 0 Å². The standard InChI is InChI=1S/C27H32FN7O3/c1-14-7-23(35-6-5-16(13-35)32-26(37)38-27(2,3)4)31-11-18(14)21-8-15-9-22(30-12-19(15)24(29)33-21)34-25(36)17-10-20(17)28/h7-9,11-12,16-17,20H,5-6,10,13H2,1-4H3,(H2,29,33)(H,32,37)(H,30,34,36)/t16-,17+,20-/m0/s1. The fourth-order valence-electron chi connectivity index (χ4n) is 4.58. The zero-order valence-corrected chi connectivity index (χ0v) is 21.9. The number of anilines is 3. The molecule has 1 aliphatic carbocycles. The zero-order chi connectivity index (χ0) is 27.2. The summed E-state index contributed by atoms with van der Waals surface area (Å²) in [5.41, 5.74) is 8.13. The van der Waals surface area contributed by atoms with E-state index in [1.54, 1.807) is 18.5 Å². The number of ether oxygens (including phenoxy) is 1. The van der Waals surface area contributed by atoms with Crippen molar-refractivity contribution in [3.63, 3.8) is 0 Å². The second kappa shape index (κ2) is 9.70. The van der Waals surface area contributed by atoms with Crippen LogP contribution in [0.1, 0.15) is 39.2 Å². The second-order valence-corrected chi connectivity index (χ2v) is 11.0. The van der Waals surface area contributed by atoms with E-state index in [2.05, 4.69) is 30.5 Å². The minimum absolute atomic E-state index is 0.0208. The number of amides is 2. The molecule has 0 unspecified atom stereocenters. The molecule has 0 bridgehead atoms. The number of fused-ring (bicyclic) bond motifs is 1. The smallest absolute Gasteiger partial charge is 0.407 e. The van der Waals surface area contributed by atoms with Gasteiger partial charge in [0.2, 0.25) is 5.91 Å². The summed E-state index contributed by atoms with van der Waals surface area (Å²) in [7, 11) is 0. The molecule has 2 aliphatic rings. The van der Waals surface area contributed by atoms with Crippen molar-refractivity contribution in [3.05, 3.63) is 36.2 Å². The summed E-state index contributed by atoms with van der Waals surface area (Å²) in [6, 6.07) is 5.56. The summed E-state index contributed by atoms with van der Waals surface area (Å²) in [5.74, 6) is 0.498. The van der Waals surface area contributed by atoms with E-state index in [0.717, 1.165) is 35.3 Å². The number of carbonyl (C=O) groups is 2. The van der Waals surface area contributed by atoms with Crippen LogP contribution in [-0.2, 0) is 9.53 Å². The molecule has 3 aromatic heterocycles. The molecule has 1 aliphatic heterocycles. The van der Waals surface area contributed by atoms with Gasteiger partial charge in [-0.1, -0.05) is 0 Å². The van der Waals surface area contributed by atoms with Crippen LogP contribution in [0.4, 0.5) is 26.6 Å². The maximum Gasteiger partial charge on any atom is 0.407 e. The topological polar surface area (TPSA) is 135 Å². The Hall–Kier alpha value is -4.02. The molecule has 1 saturated heterocycles. The molecular formula is C27H32FN7O3. The highest BCUT2D eigenvalue weighted by atomic mass is 19.1. The number of alkyl carbamates (subject to hydrolysis) is 1. The Bertz CT molecular complexity index is 1410. The van der Waals surface area contributed by atoms with Gasteiger partial charge in [0, 0.05) is 36.4 Å². The lowest BCUT2D eigenvalue weighted by Crippen LogP contribution is -2.40. The Labute approximate surface area is 220 Å². The average Bonchev–Trinajstić information content (AvgIpc) is 3.38. The van der Waals surface area contributed by atoms with E-state index in [1.807, 2.05) is 39.8 Å². The van der Waals surface area contributed by atoms with Crippen LogP contribution in [0.5, 0.6) is 0 Å². The van der Waals surface area contributed by atoms with Crippen molar-refractivity contribution in [2.75, 3.05) is 29.0 Å². The van der Waals surface area contributed by atoms with Crippen molar-refractivity contribution in [1.82, 2.24) is 20.3 Å². The van der Waals surface area contributed by atoms with Crippen LogP contribution in [0.2, 0.25) is 0 Å². The number of hydrogen-bond acceptors (Lipinski definition) is 8. The second-order valence-electron chi connectivity index (χ2n) is 11.0. The van der Waals surface area contributed by atoms with Crippen LogP contribution in [0, 0.1) is 12.8 Å². The molecule has 11 heteroatoms. The van der Waals surface area contributed by atoms with Crippen LogP contribution in [0.25, 0.3) is 22.0 Å². The summed E-state index contributed by atoms with van der Waals surface area (Å²) < 4.78 is 18.6. The minimum Gasteiger partial charge on any atom is -0.444 e. The number of nitrogens with one attached hydrogen (secondary N) is 2. The number of halogens is 1. The predicted molar refractivity (Wildman–Crippen MR) is 144 cm³/mol. The Morgan fingerprint density at radius 2 is 1.95 bits per heavy atom. The Morgan fingerprint density at radius 1 is 1.18 bits per heavy atom. The Kier molecular flexibility index (Phi) is 6.54. The molecule has 3 atom stereocenters. The molecule has 10 nitrogen and oxygen atoms in total. The van der Waals surface area contributed by atoms with Crippen molar-refractivity contribution in [2.45, 2.75) is 58.4 Å². The molecule has 2 amide bonds. The summed E-state index contributed by atoms with van der Waals surface area (Å²) in [4.78, 5) is 39.8. The van der Waals surface area contributed by atoms with Crippen molar-refractivity contribution in [1.29, 1.82) is 0 Å². The highest BCUT2D eigenvalue weighted by Crippen LogP contribution is 2.35. The van der Waals surface area contributed by atoms with Gasteiger partial charge in [-0.05, 0) is 69.7 Å². The predicted octanol–water partition coefficient (Wildman–Crippen LogP) is 3.98. The fourth-order valence-corrected chi connectivity index (χ4v) is 4.58. The molecular weight excluding hydrogens is 489 g/mol. The summed E-state index contributed by atoms with van der Waals surface area (Å²) >= 11 is 0. The van der Waals surface area contributed by atoms with Crippen molar-refractivity contribution >= 4 is 40.2 Å². The first kappa shape index (κ1) is 25.6. The molecule has 2 fully saturated rings. The van der Waals surface area contributed by atoms with E-state index in [4.69, 9.17) is 10.5 Å². The first-order chi connectivity index (χ1) is 18.0. The maximum absolute atomic E-state index is 13.2. The lowest BCUT2D eigenvalue weighted by atomic mass is 10.1. The molecule has 0 aromatic carbocycles. The summed E-state index contributed by atoms with van der Waals surface area (Å²) in [5, 5.41) is 7.02. The largest absolute Gasteiger partial charge is 0.444 e. The number of hydrogen-bond donors (Lipinski definition) is 3. The summed E-state index contributed by atoms with van der Waals surface area (Å²) in [6.45, 7) is 8.90. The van der Waals surface area contributed by atoms with Crippen molar-refractivity contribution in [2.24, 2.45) is 5.92 Å². The monoisotopic (exact) mass is 521 g/mol. The van der Waals surface area contributed by atoms with Gasteiger partial charge in [-0.2, -0.15) is 0 Å². The highest BCUT2D eigenvalue weighted by molar-refractivity contribution is 5.98. The normalized spacial score (nSPS) is 20.9. The van der Waals surface area contributed by atoms with E-state index in [9.17, 15) is 14.0 Å². The molecule has 4 N–H and O–H groups in total. The molecule has 200 valence electrons. The minimum atomic E-state index is -1.08. The van der Waals surface area contributed by atoms with Gasteiger partial charge in [0.1, 0.15) is 29.2 Å². The van der Waals surface area contributed by atoms with E-state index < -0.39 is 23.8 Å². The van der Waals surface area contributed by atoms with Crippen LogP contribution < -0.4 is 21.3 Å². The molecule has 5 rings (SSSR count). The van der Waals surface area contributed by atoms with Gasteiger partial charge in [0.15, 0.2) is 0 Å². The number of pyridine rings is 3. The van der Waals surface area contributed by atoms with Gasteiger partial charge in [-0.25, -0.2) is 24.1 Å². The van der Waals surface area contributed by atoms with Crippen LogP contribution in [0.15, 0.2) is 30.6 Å². The molecule has 4 heterocycles. The number of carbonyl (C=O) groups excluding carboxylic acids is 2. The lowest BCUT2D eigenvalue weighted by Gasteiger charge is -2.22. The van der Waals surface area contributed by atoms with Crippen LogP contribution in [-0.4, -0.2) is 57.9 Å². The quantitative estimate of drug-likeness (QED) is 0.459. The van der Waals surface area contributed by atoms with Gasteiger partial charge in [-0.3, -0.25) is 4.79 Å². The van der Waals surface area contributed by atoms with Crippen LogP contribution in [0.3, 0.4) is 0 Å². The van der Waals surface area contributed by atoms with Crippen molar-refractivity contribution < 1.29 is 18.7 Å². The third-order valence-corrected chi connectivity index (χ3v) is 6.65. The number of aromatic nitrogens is 3. The van der Waals surface area contributed by atoms with Gasteiger partial charge in [-0.15, -0.1) is 0 Å². The lowest BCUT2D eigenvalue weighted by molar-refractivity contribution is -0.117. The highest BCUT2D eigenvalue weighted by Gasteiger charge is 2.43. The summed E-state index contributed by atoms with van der Waals surface area (Å²) in [6.07, 6.45) is 2.88. The van der Waals surface area contributed by atoms with Crippen LogP contribution >= 0.6 is 0 Å². The van der Waals surface area contributed by atoms with E-state index >= 15 is 0 Å². The van der Waals surface area contributed by atoms with E-state index in [-0.39, 0.29) is 18.4 Å². The number of aryl methyl sites for hydroxylation is 1.